The Bertz CT molecular complexity index is 971. The molecule has 0 radical (unpaired) electrons. The number of hydrogen-bond donors (Lipinski definition) is 2. The molecule has 0 saturated carbocycles. The Morgan fingerprint density at radius 1 is 0.931 bits per heavy atom. The summed E-state index contributed by atoms with van der Waals surface area (Å²) >= 11 is 0. The lowest BCUT2D eigenvalue weighted by Gasteiger charge is -2.10. The Balaban J connectivity index is 1.51. The van der Waals surface area contributed by atoms with Gasteiger partial charge in [0.25, 0.3) is 5.91 Å². The van der Waals surface area contributed by atoms with E-state index in [-0.39, 0.29) is 5.91 Å². The zero-order valence-electron chi connectivity index (χ0n) is 16.9. The number of pyridine rings is 1. The second-order valence-corrected chi connectivity index (χ2v) is 6.63. The van der Waals surface area contributed by atoms with Crippen LogP contribution in [0.1, 0.15) is 21.6 Å². The highest BCUT2D eigenvalue weighted by atomic mass is 16.5. The third kappa shape index (κ3) is 5.72. The third-order valence-electron chi connectivity index (χ3n) is 4.52. The summed E-state index contributed by atoms with van der Waals surface area (Å²) in [5.74, 6) is 1.32. The van der Waals surface area contributed by atoms with Gasteiger partial charge in [-0.1, -0.05) is 6.07 Å². The lowest BCUT2D eigenvalue weighted by molar-refractivity contribution is 0.102. The van der Waals surface area contributed by atoms with E-state index < -0.39 is 0 Å². The van der Waals surface area contributed by atoms with Gasteiger partial charge in [0.2, 0.25) is 0 Å². The van der Waals surface area contributed by atoms with Gasteiger partial charge in [0.1, 0.15) is 23.8 Å². The number of amides is 1. The Kier molecular flexibility index (Phi) is 6.68. The SMILES string of the molecule is COc1ccc(OCCNc2ccnc(C(=O)Nc3ccc(C)c(C)c3)c2)cc1. The second-order valence-electron chi connectivity index (χ2n) is 6.63. The van der Waals surface area contributed by atoms with Crippen molar-refractivity contribution >= 4 is 17.3 Å². The molecule has 0 atom stereocenters. The summed E-state index contributed by atoms with van der Waals surface area (Å²) < 4.78 is 10.8. The number of anilines is 2. The number of ether oxygens (including phenoxy) is 2. The number of carbonyl (C=O) groups excluding carboxylic acids is 1. The van der Waals surface area contributed by atoms with Crippen molar-refractivity contribution in [1.82, 2.24) is 4.98 Å². The van der Waals surface area contributed by atoms with Crippen molar-refractivity contribution in [2.75, 3.05) is 30.9 Å². The van der Waals surface area contributed by atoms with Crippen LogP contribution in [0.4, 0.5) is 11.4 Å². The number of rotatable bonds is 8. The molecule has 3 rings (SSSR count). The van der Waals surface area contributed by atoms with E-state index in [4.69, 9.17) is 9.47 Å². The largest absolute Gasteiger partial charge is 0.497 e. The average molecular weight is 391 g/mol. The van der Waals surface area contributed by atoms with Crippen LogP contribution >= 0.6 is 0 Å². The predicted molar refractivity (Wildman–Crippen MR) is 115 cm³/mol. The van der Waals surface area contributed by atoms with Gasteiger partial charge in [-0.3, -0.25) is 9.78 Å². The summed E-state index contributed by atoms with van der Waals surface area (Å²) in [5.41, 5.74) is 4.23. The normalized spacial score (nSPS) is 10.3. The summed E-state index contributed by atoms with van der Waals surface area (Å²) in [7, 11) is 1.63. The first-order chi connectivity index (χ1) is 14.0. The number of nitrogens with zero attached hydrogens (tertiary/aromatic N) is 1. The molecule has 0 saturated heterocycles. The van der Waals surface area contributed by atoms with E-state index in [2.05, 4.69) is 15.6 Å². The standard InChI is InChI=1S/C23H25N3O3/c1-16-4-5-19(14-17(16)2)26-23(27)22-15-18(10-11-25-22)24-12-13-29-21-8-6-20(28-3)7-9-21/h4-11,14-15H,12-13H2,1-3H3,(H,24,25)(H,26,27). The van der Waals surface area contributed by atoms with E-state index in [1.54, 1.807) is 19.4 Å². The Hall–Kier alpha value is -3.54. The van der Waals surface area contributed by atoms with Crippen LogP contribution in [0.15, 0.2) is 60.8 Å². The first-order valence-electron chi connectivity index (χ1n) is 9.40. The molecular weight excluding hydrogens is 366 g/mol. The molecule has 29 heavy (non-hydrogen) atoms. The first kappa shape index (κ1) is 20.2. The second kappa shape index (κ2) is 9.59. The minimum absolute atomic E-state index is 0.244. The molecule has 0 bridgehead atoms. The van der Waals surface area contributed by atoms with Crippen molar-refractivity contribution in [3.05, 3.63) is 77.6 Å². The van der Waals surface area contributed by atoms with Gasteiger partial charge in [-0.05, 0) is 73.5 Å². The summed E-state index contributed by atoms with van der Waals surface area (Å²) in [6.07, 6.45) is 1.61. The van der Waals surface area contributed by atoms with Crippen LogP contribution in [0.25, 0.3) is 0 Å². The minimum atomic E-state index is -0.244. The summed E-state index contributed by atoms with van der Waals surface area (Å²) in [6.45, 7) is 5.13. The van der Waals surface area contributed by atoms with Crippen molar-refractivity contribution in [3.63, 3.8) is 0 Å². The molecule has 150 valence electrons. The topological polar surface area (TPSA) is 72.5 Å². The molecule has 3 aromatic rings. The average Bonchev–Trinajstić information content (AvgIpc) is 2.74. The molecule has 0 aliphatic heterocycles. The van der Waals surface area contributed by atoms with Crippen LogP contribution in [0.5, 0.6) is 11.5 Å². The Morgan fingerprint density at radius 3 is 2.41 bits per heavy atom. The molecule has 1 heterocycles. The monoisotopic (exact) mass is 391 g/mol. The number of carbonyl (C=O) groups is 1. The van der Waals surface area contributed by atoms with Crippen LogP contribution in [0.3, 0.4) is 0 Å². The molecule has 0 fully saturated rings. The van der Waals surface area contributed by atoms with E-state index >= 15 is 0 Å². The summed E-state index contributed by atoms with van der Waals surface area (Å²) in [6, 6.07) is 16.8. The van der Waals surface area contributed by atoms with E-state index in [1.165, 1.54) is 5.56 Å². The quantitative estimate of drug-likeness (QED) is 0.555. The molecule has 6 nitrogen and oxygen atoms in total. The minimum Gasteiger partial charge on any atom is -0.497 e. The van der Waals surface area contributed by atoms with Gasteiger partial charge >= 0.3 is 0 Å². The summed E-state index contributed by atoms with van der Waals surface area (Å²) in [5, 5.41) is 6.13. The van der Waals surface area contributed by atoms with Gasteiger partial charge in [-0.25, -0.2) is 0 Å². The van der Waals surface area contributed by atoms with Crippen molar-refractivity contribution < 1.29 is 14.3 Å². The van der Waals surface area contributed by atoms with E-state index in [9.17, 15) is 4.79 Å². The highest BCUT2D eigenvalue weighted by Crippen LogP contribution is 2.17. The number of aromatic nitrogens is 1. The number of methoxy groups -OCH3 is 1. The maximum atomic E-state index is 12.5. The first-order valence-corrected chi connectivity index (χ1v) is 9.40. The zero-order valence-corrected chi connectivity index (χ0v) is 16.9. The van der Waals surface area contributed by atoms with E-state index in [0.29, 0.717) is 18.8 Å². The number of hydrogen-bond acceptors (Lipinski definition) is 5. The molecule has 6 heteroatoms. The van der Waals surface area contributed by atoms with Gasteiger partial charge in [0.15, 0.2) is 0 Å². The zero-order chi connectivity index (χ0) is 20.6. The fourth-order valence-electron chi connectivity index (χ4n) is 2.72. The molecule has 0 spiro atoms. The number of nitrogens with one attached hydrogen (secondary N) is 2. The highest BCUT2D eigenvalue weighted by molar-refractivity contribution is 6.03. The van der Waals surface area contributed by atoms with E-state index in [1.807, 2.05) is 62.4 Å². The molecule has 1 amide bonds. The maximum Gasteiger partial charge on any atom is 0.274 e. The molecule has 0 aliphatic carbocycles. The molecule has 0 unspecified atom stereocenters. The molecule has 2 N–H and O–H groups in total. The number of benzene rings is 2. The van der Waals surface area contributed by atoms with Crippen LogP contribution in [-0.2, 0) is 0 Å². The van der Waals surface area contributed by atoms with Crippen molar-refractivity contribution in [2.24, 2.45) is 0 Å². The number of aryl methyl sites for hydroxylation is 2. The lowest BCUT2D eigenvalue weighted by Crippen LogP contribution is -2.15. The van der Waals surface area contributed by atoms with Gasteiger partial charge in [-0.2, -0.15) is 0 Å². The summed E-state index contributed by atoms with van der Waals surface area (Å²) in [4.78, 5) is 16.7. The van der Waals surface area contributed by atoms with Crippen LogP contribution < -0.4 is 20.1 Å². The molecular formula is C23H25N3O3. The van der Waals surface area contributed by atoms with Gasteiger partial charge in [0, 0.05) is 24.1 Å². The Morgan fingerprint density at radius 2 is 1.69 bits per heavy atom. The third-order valence-corrected chi connectivity index (χ3v) is 4.52. The predicted octanol–water partition coefficient (Wildman–Crippen LogP) is 4.45. The fraction of sp³-hybridized carbons (Fsp3) is 0.217. The Labute approximate surface area is 170 Å². The smallest absolute Gasteiger partial charge is 0.274 e. The highest BCUT2D eigenvalue weighted by Gasteiger charge is 2.09. The van der Waals surface area contributed by atoms with Gasteiger partial charge < -0.3 is 20.1 Å². The van der Waals surface area contributed by atoms with Crippen molar-refractivity contribution in [1.29, 1.82) is 0 Å². The van der Waals surface area contributed by atoms with Crippen LogP contribution in [-0.4, -0.2) is 31.2 Å². The van der Waals surface area contributed by atoms with Crippen LogP contribution in [0, 0.1) is 13.8 Å². The van der Waals surface area contributed by atoms with Crippen molar-refractivity contribution in [2.45, 2.75) is 13.8 Å². The molecule has 1 aromatic heterocycles. The van der Waals surface area contributed by atoms with Gasteiger partial charge in [-0.15, -0.1) is 0 Å². The maximum absolute atomic E-state index is 12.5. The van der Waals surface area contributed by atoms with Crippen LogP contribution in [0.2, 0.25) is 0 Å². The lowest BCUT2D eigenvalue weighted by atomic mass is 10.1. The molecule has 2 aromatic carbocycles. The van der Waals surface area contributed by atoms with E-state index in [0.717, 1.165) is 28.4 Å². The van der Waals surface area contributed by atoms with Gasteiger partial charge in [0.05, 0.1) is 7.11 Å². The fourth-order valence-corrected chi connectivity index (χ4v) is 2.72. The molecule has 0 aliphatic rings. The van der Waals surface area contributed by atoms with Crippen molar-refractivity contribution in [3.8, 4) is 11.5 Å².